The highest BCUT2D eigenvalue weighted by Crippen LogP contribution is 2.25. The first-order valence-electron chi connectivity index (χ1n) is 5.62. The highest BCUT2D eigenvalue weighted by Gasteiger charge is 2.15. The lowest BCUT2D eigenvalue weighted by Crippen LogP contribution is -2.30. The summed E-state index contributed by atoms with van der Waals surface area (Å²) in [5, 5.41) is 3.82. The number of carbonyl (C=O) groups excluding carboxylic acids is 1. The molecule has 0 spiro atoms. The van der Waals surface area contributed by atoms with Crippen LogP contribution in [0.5, 0.6) is 0 Å². The smallest absolute Gasteiger partial charge is 0.238 e. The number of hydrogen-bond donors (Lipinski definition) is 1. The molecule has 1 aromatic rings. The maximum Gasteiger partial charge on any atom is 0.238 e. The van der Waals surface area contributed by atoms with E-state index in [2.05, 4.69) is 10.2 Å². The van der Waals surface area contributed by atoms with Crippen LogP contribution in [0.4, 0.5) is 5.69 Å². The first kappa shape index (κ1) is 12.7. The van der Waals surface area contributed by atoms with Crippen molar-refractivity contribution in [3.63, 3.8) is 0 Å². The Bertz CT molecular complexity index is 417. The third-order valence-electron chi connectivity index (χ3n) is 2.77. The van der Waals surface area contributed by atoms with Crippen LogP contribution in [-0.4, -0.2) is 30.4 Å². The topological polar surface area (TPSA) is 32.3 Å². The standard InChI is InChI=1S/C12H14Cl2N2O/c13-9-3-4-11(10(14)7-9)15-12(17)8-16-5-1-2-6-16/h3-4,7H,1-2,5-6,8H2,(H,15,17). The van der Waals surface area contributed by atoms with Gasteiger partial charge < -0.3 is 5.32 Å². The molecule has 1 fully saturated rings. The van der Waals surface area contributed by atoms with Crippen LogP contribution in [0.1, 0.15) is 12.8 Å². The van der Waals surface area contributed by atoms with Gasteiger partial charge in [-0.15, -0.1) is 0 Å². The second kappa shape index (κ2) is 5.71. The summed E-state index contributed by atoms with van der Waals surface area (Å²) in [6.45, 7) is 2.43. The molecule has 2 rings (SSSR count). The monoisotopic (exact) mass is 272 g/mol. The summed E-state index contributed by atoms with van der Waals surface area (Å²) < 4.78 is 0. The van der Waals surface area contributed by atoms with Gasteiger partial charge in [-0.25, -0.2) is 0 Å². The maximum absolute atomic E-state index is 11.8. The van der Waals surface area contributed by atoms with Crippen LogP contribution < -0.4 is 5.32 Å². The second-order valence-electron chi connectivity index (χ2n) is 4.16. The quantitative estimate of drug-likeness (QED) is 0.918. The minimum Gasteiger partial charge on any atom is -0.324 e. The first-order valence-corrected chi connectivity index (χ1v) is 6.38. The molecule has 0 saturated carbocycles. The number of nitrogens with one attached hydrogen (secondary N) is 1. The van der Waals surface area contributed by atoms with Gasteiger partial charge in [0.1, 0.15) is 0 Å². The van der Waals surface area contributed by atoms with Crippen molar-refractivity contribution in [3.8, 4) is 0 Å². The van der Waals surface area contributed by atoms with E-state index in [0.29, 0.717) is 22.3 Å². The zero-order chi connectivity index (χ0) is 12.3. The van der Waals surface area contributed by atoms with Crippen LogP contribution in [0.2, 0.25) is 10.0 Å². The fourth-order valence-electron chi connectivity index (χ4n) is 1.92. The highest BCUT2D eigenvalue weighted by molar-refractivity contribution is 6.36. The largest absolute Gasteiger partial charge is 0.324 e. The van der Waals surface area contributed by atoms with Crippen LogP contribution in [0.15, 0.2) is 18.2 Å². The van der Waals surface area contributed by atoms with E-state index in [1.54, 1.807) is 18.2 Å². The Morgan fingerprint density at radius 3 is 2.65 bits per heavy atom. The van der Waals surface area contributed by atoms with Crippen molar-refractivity contribution in [2.45, 2.75) is 12.8 Å². The molecule has 0 aliphatic carbocycles. The number of hydrogen-bond acceptors (Lipinski definition) is 2. The minimum atomic E-state index is -0.0314. The summed E-state index contributed by atoms with van der Waals surface area (Å²) in [7, 11) is 0. The third kappa shape index (κ3) is 3.60. The number of nitrogens with zero attached hydrogens (tertiary/aromatic N) is 1. The van der Waals surface area contributed by atoms with E-state index in [9.17, 15) is 4.79 Å². The molecule has 1 aromatic carbocycles. The van der Waals surface area contributed by atoms with Crippen LogP contribution in [0.25, 0.3) is 0 Å². The Hall–Kier alpha value is -0.770. The molecule has 17 heavy (non-hydrogen) atoms. The van der Waals surface area contributed by atoms with Crippen molar-refractivity contribution >= 4 is 34.8 Å². The second-order valence-corrected chi connectivity index (χ2v) is 5.00. The Labute approximate surface area is 111 Å². The van der Waals surface area contributed by atoms with Gasteiger partial charge in [-0.05, 0) is 44.1 Å². The zero-order valence-electron chi connectivity index (χ0n) is 9.38. The van der Waals surface area contributed by atoms with Gasteiger partial charge in [0.15, 0.2) is 0 Å². The minimum absolute atomic E-state index is 0.0314. The fourth-order valence-corrected chi connectivity index (χ4v) is 2.38. The summed E-state index contributed by atoms with van der Waals surface area (Å²) in [5.74, 6) is -0.0314. The number of carbonyl (C=O) groups is 1. The molecule has 0 radical (unpaired) electrons. The fraction of sp³-hybridized carbons (Fsp3) is 0.417. The third-order valence-corrected chi connectivity index (χ3v) is 3.32. The Balaban J connectivity index is 1.93. The van der Waals surface area contributed by atoms with Crippen LogP contribution in [0.3, 0.4) is 0 Å². The average molecular weight is 273 g/mol. The molecule has 1 saturated heterocycles. The summed E-state index contributed by atoms with van der Waals surface area (Å²) >= 11 is 11.8. The molecule has 92 valence electrons. The molecule has 1 aliphatic rings. The number of anilines is 1. The Morgan fingerprint density at radius 2 is 2.00 bits per heavy atom. The predicted octanol–water partition coefficient (Wildman–Crippen LogP) is 3.03. The molecule has 0 atom stereocenters. The SMILES string of the molecule is O=C(CN1CCCC1)Nc1ccc(Cl)cc1Cl. The molecular formula is C12H14Cl2N2O. The number of benzene rings is 1. The normalized spacial score (nSPS) is 16.1. The molecule has 0 unspecified atom stereocenters. The summed E-state index contributed by atoms with van der Waals surface area (Å²) in [6.07, 6.45) is 2.35. The Kier molecular flexibility index (Phi) is 4.26. The molecule has 5 heteroatoms. The van der Waals surface area contributed by atoms with Crippen molar-refractivity contribution < 1.29 is 4.79 Å². The van der Waals surface area contributed by atoms with Gasteiger partial charge >= 0.3 is 0 Å². The van der Waals surface area contributed by atoms with Gasteiger partial charge in [0.2, 0.25) is 5.91 Å². The predicted molar refractivity (Wildman–Crippen MR) is 70.8 cm³/mol. The van der Waals surface area contributed by atoms with Gasteiger partial charge in [0, 0.05) is 5.02 Å². The van der Waals surface area contributed by atoms with Crippen molar-refractivity contribution in [3.05, 3.63) is 28.2 Å². The van der Waals surface area contributed by atoms with Crippen LogP contribution in [-0.2, 0) is 4.79 Å². The van der Waals surface area contributed by atoms with Crippen LogP contribution in [0, 0.1) is 0 Å². The van der Waals surface area contributed by atoms with Crippen molar-refractivity contribution in [1.82, 2.24) is 4.90 Å². The molecular weight excluding hydrogens is 259 g/mol. The van der Waals surface area contributed by atoms with Crippen molar-refractivity contribution in [1.29, 1.82) is 0 Å². The molecule has 1 aliphatic heterocycles. The molecule has 0 aromatic heterocycles. The zero-order valence-corrected chi connectivity index (χ0v) is 10.9. The van der Waals surface area contributed by atoms with E-state index in [4.69, 9.17) is 23.2 Å². The van der Waals surface area contributed by atoms with Crippen molar-refractivity contribution in [2.24, 2.45) is 0 Å². The average Bonchev–Trinajstić information content (AvgIpc) is 2.75. The van der Waals surface area contributed by atoms with Gasteiger partial charge in [-0.1, -0.05) is 23.2 Å². The van der Waals surface area contributed by atoms with Gasteiger partial charge in [0.05, 0.1) is 17.3 Å². The number of amides is 1. The first-order chi connectivity index (χ1) is 8.15. The number of rotatable bonds is 3. The van der Waals surface area contributed by atoms with E-state index in [1.165, 1.54) is 12.8 Å². The summed E-state index contributed by atoms with van der Waals surface area (Å²) in [4.78, 5) is 13.9. The van der Waals surface area contributed by atoms with E-state index in [0.717, 1.165) is 13.1 Å². The van der Waals surface area contributed by atoms with E-state index >= 15 is 0 Å². The van der Waals surface area contributed by atoms with Crippen LogP contribution >= 0.6 is 23.2 Å². The number of likely N-dealkylation sites (tertiary alicyclic amines) is 1. The highest BCUT2D eigenvalue weighted by atomic mass is 35.5. The lowest BCUT2D eigenvalue weighted by Gasteiger charge is -2.14. The molecule has 3 nitrogen and oxygen atoms in total. The van der Waals surface area contributed by atoms with Gasteiger partial charge in [-0.3, -0.25) is 9.69 Å². The maximum atomic E-state index is 11.8. The summed E-state index contributed by atoms with van der Waals surface area (Å²) in [5.41, 5.74) is 0.611. The van der Waals surface area contributed by atoms with Gasteiger partial charge in [0.25, 0.3) is 0 Å². The Morgan fingerprint density at radius 1 is 1.29 bits per heavy atom. The van der Waals surface area contributed by atoms with E-state index in [-0.39, 0.29) is 5.91 Å². The summed E-state index contributed by atoms with van der Waals surface area (Å²) in [6, 6.07) is 5.04. The van der Waals surface area contributed by atoms with Crippen molar-refractivity contribution in [2.75, 3.05) is 25.0 Å². The van der Waals surface area contributed by atoms with Gasteiger partial charge in [-0.2, -0.15) is 0 Å². The van der Waals surface area contributed by atoms with E-state index in [1.807, 2.05) is 0 Å². The number of halogens is 2. The lowest BCUT2D eigenvalue weighted by atomic mass is 10.3. The lowest BCUT2D eigenvalue weighted by molar-refractivity contribution is -0.117. The van der Waals surface area contributed by atoms with E-state index < -0.39 is 0 Å². The molecule has 1 heterocycles. The molecule has 1 amide bonds. The molecule has 0 bridgehead atoms. The molecule has 1 N–H and O–H groups in total.